The molecule has 0 aliphatic carbocycles. The molecule has 9 heteroatoms. The van der Waals surface area contributed by atoms with E-state index in [-0.39, 0.29) is 30.0 Å². The molecule has 3 unspecified atom stereocenters. The van der Waals surface area contributed by atoms with Crippen LogP contribution in [0, 0.1) is 5.82 Å². The molecule has 186 valence electrons. The van der Waals surface area contributed by atoms with Gasteiger partial charge in [0.15, 0.2) is 0 Å². The Morgan fingerprint density at radius 1 is 1.29 bits per heavy atom. The van der Waals surface area contributed by atoms with Crippen LogP contribution in [-0.2, 0) is 7.05 Å². The van der Waals surface area contributed by atoms with Gasteiger partial charge in [0, 0.05) is 45.1 Å². The number of benzene rings is 2. The van der Waals surface area contributed by atoms with Crippen LogP contribution >= 0.6 is 0 Å². The highest BCUT2D eigenvalue weighted by molar-refractivity contribution is 5.74. The van der Waals surface area contributed by atoms with Gasteiger partial charge >= 0.3 is 6.03 Å². The SMILES string of the molecule is COc1ccc(C(NC(=O)N(C)CCCC2CC(c3cccc(F)c3)NN2)c2nccn2C)cc1. The topological polar surface area (TPSA) is 83.4 Å². The van der Waals surface area contributed by atoms with Crippen LogP contribution in [-0.4, -0.2) is 47.2 Å². The third kappa shape index (κ3) is 6.17. The lowest BCUT2D eigenvalue weighted by molar-refractivity contribution is 0.204. The van der Waals surface area contributed by atoms with Crippen molar-refractivity contribution in [2.24, 2.45) is 7.05 Å². The van der Waals surface area contributed by atoms with Crippen molar-refractivity contribution in [1.82, 2.24) is 30.6 Å². The minimum atomic E-state index is -0.386. The maximum atomic E-state index is 13.5. The highest BCUT2D eigenvalue weighted by Crippen LogP contribution is 2.25. The van der Waals surface area contributed by atoms with Gasteiger partial charge in [-0.1, -0.05) is 24.3 Å². The molecule has 1 aliphatic heterocycles. The Balaban J connectivity index is 1.30. The second kappa shape index (κ2) is 11.3. The quantitative estimate of drug-likeness (QED) is 0.435. The molecular formula is C26H33FN6O2. The van der Waals surface area contributed by atoms with E-state index in [9.17, 15) is 9.18 Å². The summed E-state index contributed by atoms with van der Waals surface area (Å²) in [6.45, 7) is 0.616. The van der Waals surface area contributed by atoms with Crippen molar-refractivity contribution in [2.45, 2.75) is 37.4 Å². The Bertz CT molecular complexity index is 1120. The normalized spacial score (nSPS) is 18.3. The number of rotatable bonds is 9. The van der Waals surface area contributed by atoms with Crippen LogP contribution in [0.25, 0.3) is 0 Å². The molecule has 35 heavy (non-hydrogen) atoms. The molecular weight excluding hydrogens is 447 g/mol. The summed E-state index contributed by atoms with van der Waals surface area (Å²) >= 11 is 0. The van der Waals surface area contributed by atoms with Crippen LogP contribution in [0.1, 0.15) is 48.3 Å². The van der Waals surface area contributed by atoms with Gasteiger partial charge in [-0.3, -0.25) is 10.9 Å². The van der Waals surface area contributed by atoms with Gasteiger partial charge in [-0.05, 0) is 54.7 Å². The zero-order valence-electron chi connectivity index (χ0n) is 20.4. The summed E-state index contributed by atoms with van der Waals surface area (Å²) in [4.78, 5) is 19.2. The number of urea groups is 1. The van der Waals surface area contributed by atoms with E-state index in [1.165, 1.54) is 6.07 Å². The van der Waals surface area contributed by atoms with Gasteiger partial charge < -0.3 is 19.5 Å². The number of aryl methyl sites for hydroxylation is 1. The van der Waals surface area contributed by atoms with E-state index < -0.39 is 0 Å². The third-order valence-corrected chi connectivity index (χ3v) is 6.46. The van der Waals surface area contributed by atoms with E-state index in [0.29, 0.717) is 6.54 Å². The van der Waals surface area contributed by atoms with Crippen molar-refractivity contribution in [3.8, 4) is 5.75 Å². The predicted molar refractivity (Wildman–Crippen MR) is 132 cm³/mol. The first-order valence-electron chi connectivity index (χ1n) is 11.8. The van der Waals surface area contributed by atoms with E-state index in [2.05, 4.69) is 21.2 Å². The van der Waals surface area contributed by atoms with Gasteiger partial charge in [0.25, 0.3) is 0 Å². The molecule has 3 N–H and O–H groups in total. The molecule has 2 amide bonds. The summed E-state index contributed by atoms with van der Waals surface area (Å²) in [6.07, 6.45) is 6.20. The molecule has 1 aliphatic rings. The van der Waals surface area contributed by atoms with E-state index in [4.69, 9.17) is 4.74 Å². The number of hydrogen-bond donors (Lipinski definition) is 3. The highest BCUT2D eigenvalue weighted by Gasteiger charge is 2.26. The minimum absolute atomic E-state index is 0.0831. The van der Waals surface area contributed by atoms with Crippen molar-refractivity contribution in [1.29, 1.82) is 0 Å². The van der Waals surface area contributed by atoms with Crippen LogP contribution in [0.5, 0.6) is 5.75 Å². The molecule has 3 atom stereocenters. The largest absolute Gasteiger partial charge is 0.497 e. The zero-order valence-corrected chi connectivity index (χ0v) is 20.4. The lowest BCUT2D eigenvalue weighted by Crippen LogP contribution is -2.41. The Morgan fingerprint density at radius 3 is 2.77 bits per heavy atom. The summed E-state index contributed by atoms with van der Waals surface area (Å²) in [5.74, 6) is 1.28. The number of amides is 2. The maximum Gasteiger partial charge on any atom is 0.317 e. The molecule has 1 saturated heterocycles. The van der Waals surface area contributed by atoms with Crippen molar-refractivity contribution in [3.63, 3.8) is 0 Å². The zero-order chi connectivity index (χ0) is 24.8. The van der Waals surface area contributed by atoms with Crippen LogP contribution < -0.4 is 20.9 Å². The molecule has 1 aromatic heterocycles. The minimum Gasteiger partial charge on any atom is -0.497 e. The smallest absolute Gasteiger partial charge is 0.317 e. The number of nitrogens with zero attached hydrogens (tertiary/aromatic N) is 3. The van der Waals surface area contributed by atoms with Crippen LogP contribution in [0.3, 0.4) is 0 Å². The van der Waals surface area contributed by atoms with E-state index >= 15 is 0 Å². The van der Waals surface area contributed by atoms with Gasteiger partial charge in [0.1, 0.15) is 23.4 Å². The lowest BCUT2D eigenvalue weighted by atomic mass is 9.99. The number of imidazole rings is 1. The molecule has 8 nitrogen and oxygen atoms in total. The van der Waals surface area contributed by atoms with Crippen molar-refractivity contribution >= 4 is 6.03 Å². The van der Waals surface area contributed by atoms with Crippen LogP contribution in [0.4, 0.5) is 9.18 Å². The monoisotopic (exact) mass is 480 g/mol. The van der Waals surface area contributed by atoms with Crippen LogP contribution in [0.2, 0.25) is 0 Å². The summed E-state index contributed by atoms with van der Waals surface area (Å²) in [7, 11) is 5.34. The Kier molecular flexibility index (Phi) is 7.99. The number of ether oxygens (including phenoxy) is 1. The second-order valence-electron chi connectivity index (χ2n) is 8.94. The average molecular weight is 481 g/mol. The Morgan fingerprint density at radius 2 is 2.09 bits per heavy atom. The fourth-order valence-electron chi connectivity index (χ4n) is 4.41. The third-order valence-electron chi connectivity index (χ3n) is 6.46. The molecule has 2 heterocycles. The number of carbonyl (C=O) groups is 1. The fraction of sp³-hybridized carbons (Fsp3) is 0.385. The molecule has 0 spiro atoms. The highest BCUT2D eigenvalue weighted by atomic mass is 19.1. The number of hydrazine groups is 1. The molecule has 2 aromatic carbocycles. The lowest BCUT2D eigenvalue weighted by Gasteiger charge is -2.24. The van der Waals surface area contributed by atoms with E-state index in [0.717, 1.165) is 42.0 Å². The Hall–Kier alpha value is -3.43. The summed E-state index contributed by atoms with van der Waals surface area (Å²) < 4.78 is 20.7. The van der Waals surface area contributed by atoms with Gasteiger partial charge in [0.2, 0.25) is 0 Å². The molecule has 0 saturated carbocycles. The van der Waals surface area contributed by atoms with Crippen molar-refractivity contribution in [3.05, 3.63) is 83.7 Å². The molecule has 3 aromatic rings. The van der Waals surface area contributed by atoms with Crippen molar-refractivity contribution in [2.75, 3.05) is 20.7 Å². The number of halogens is 1. The van der Waals surface area contributed by atoms with Gasteiger partial charge in [-0.25, -0.2) is 14.2 Å². The first-order chi connectivity index (χ1) is 16.9. The van der Waals surface area contributed by atoms with Crippen molar-refractivity contribution < 1.29 is 13.9 Å². The standard InChI is InChI=1S/C26H33FN6O2/c1-32-15-13-28-25(32)24(18-9-11-22(35-3)12-10-18)29-26(34)33(2)14-5-8-21-17-23(31-30-21)19-6-4-7-20(27)16-19/h4,6-7,9-13,15-16,21,23-24,30-31H,5,8,14,17H2,1-3H3,(H,29,34). The number of hydrogen-bond acceptors (Lipinski definition) is 5. The maximum absolute atomic E-state index is 13.5. The first-order valence-corrected chi connectivity index (χ1v) is 11.8. The fourth-order valence-corrected chi connectivity index (χ4v) is 4.41. The summed E-state index contributed by atoms with van der Waals surface area (Å²) in [6, 6.07) is 14.1. The van der Waals surface area contributed by atoms with E-state index in [1.54, 1.807) is 37.4 Å². The number of aromatic nitrogens is 2. The van der Waals surface area contributed by atoms with Crippen LogP contribution in [0.15, 0.2) is 60.9 Å². The number of carbonyl (C=O) groups excluding carboxylic acids is 1. The Labute approximate surface area is 205 Å². The first kappa shape index (κ1) is 24.7. The predicted octanol–water partition coefficient (Wildman–Crippen LogP) is 3.69. The number of nitrogens with one attached hydrogen (secondary N) is 3. The summed E-state index contributed by atoms with van der Waals surface area (Å²) in [5, 5.41) is 3.13. The van der Waals surface area contributed by atoms with Gasteiger partial charge in [0.05, 0.1) is 7.11 Å². The molecule has 0 radical (unpaired) electrons. The van der Waals surface area contributed by atoms with Gasteiger partial charge in [-0.2, -0.15) is 0 Å². The van der Waals surface area contributed by atoms with Gasteiger partial charge in [-0.15, -0.1) is 0 Å². The second-order valence-corrected chi connectivity index (χ2v) is 8.94. The van der Waals surface area contributed by atoms with E-state index in [1.807, 2.05) is 48.1 Å². The molecule has 0 bridgehead atoms. The molecule has 4 rings (SSSR count). The average Bonchev–Trinajstić information content (AvgIpc) is 3.51. The molecule has 1 fully saturated rings. The summed E-state index contributed by atoms with van der Waals surface area (Å²) in [5.41, 5.74) is 8.42. The number of methoxy groups -OCH3 is 1.